The molecule has 0 saturated carbocycles. The van der Waals surface area contributed by atoms with Gasteiger partial charge in [-0.2, -0.15) is 4.31 Å². The number of hydrogen-bond acceptors (Lipinski definition) is 4. The third-order valence-corrected chi connectivity index (χ3v) is 5.71. The lowest BCUT2D eigenvalue weighted by molar-refractivity contribution is -0.0440. The highest BCUT2D eigenvalue weighted by Gasteiger charge is 2.32. The van der Waals surface area contributed by atoms with E-state index in [0.29, 0.717) is 30.3 Å². The van der Waals surface area contributed by atoms with Crippen LogP contribution in [0.2, 0.25) is 0 Å². The van der Waals surface area contributed by atoms with Crippen molar-refractivity contribution in [2.45, 2.75) is 57.1 Å². The van der Waals surface area contributed by atoms with Gasteiger partial charge in [-0.05, 0) is 44.5 Å². The Bertz CT molecular complexity index is 575. The molecule has 0 unspecified atom stereocenters. The standard InChI is InChI=1S/C17H27NO4S/c1-4-5-6-11-21-16-7-9-17(10-8-16)23(19,20)18-12-14(2)22-15(3)13-18/h7-10,14-15H,4-6,11-13H2,1-3H3/t14-,15+. The molecule has 23 heavy (non-hydrogen) atoms. The fourth-order valence-corrected chi connectivity index (χ4v) is 4.32. The molecule has 5 nitrogen and oxygen atoms in total. The Balaban J connectivity index is 2.02. The van der Waals surface area contributed by atoms with Gasteiger partial charge in [-0.25, -0.2) is 8.42 Å². The van der Waals surface area contributed by atoms with Crippen LogP contribution in [0.5, 0.6) is 5.75 Å². The zero-order valence-corrected chi connectivity index (χ0v) is 15.0. The normalized spacial score (nSPS) is 22.9. The predicted octanol–water partition coefficient (Wildman–Crippen LogP) is 3.05. The number of hydrogen-bond donors (Lipinski definition) is 0. The average Bonchev–Trinajstić information content (AvgIpc) is 2.51. The van der Waals surface area contributed by atoms with Gasteiger partial charge in [0.1, 0.15) is 5.75 Å². The Kier molecular flexibility index (Phi) is 6.44. The summed E-state index contributed by atoms with van der Waals surface area (Å²) in [5.74, 6) is 0.712. The summed E-state index contributed by atoms with van der Waals surface area (Å²) in [5, 5.41) is 0. The summed E-state index contributed by atoms with van der Waals surface area (Å²) in [6.45, 7) is 7.38. The molecule has 1 aliphatic rings. The van der Waals surface area contributed by atoms with Crippen molar-refractivity contribution >= 4 is 10.0 Å². The molecular formula is C17H27NO4S. The van der Waals surface area contributed by atoms with Gasteiger partial charge in [0, 0.05) is 13.1 Å². The van der Waals surface area contributed by atoms with Gasteiger partial charge in [0.2, 0.25) is 10.0 Å². The van der Waals surface area contributed by atoms with E-state index in [-0.39, 0.29) is 12.2 Å². The number of sulfonamides is 1. The molecule has 0 amide bonds. The molecule has 0 aromatic heterocycles. The van der Waals surface area contributed by atoms with Gasteiger partial charge in [0.05, 0.1) is 23.7 Å². The van der Waals surface area contributed by atoms with E-state index in [9.17, 15) is 8.42 Å². The van der Waals surface area contributed by atoms with Crippen LogP contribution < -0.4 is 4.74 Å². The van der Waals surface area contributed by atoms with E-state index < -0.39 is 10.0 Å². The monoisotopic (exact) mass is 341 g/mol. The molecule has 0 N–H and O–H groups in total. The summed E-state index contributed by atoms with van der Waals surface area (Å²) in [7, 11) is -3.48. The third-order valence-electron chi connectivity index (χ3n) is 3.86. The number of nitrogens with zero attached hydrogens (tertiary/aromatic N) is 1. The topological polar surface area (TPSA) is 55.8 Å². The largest absolute Gasteiger partial charge is 0.494 e. The van der Waals surface area contributed by atoms with E-state index in [4.69, 9.17) is 9.47 Å². The lowest BCUT2D eigenvalue weighted by Gasteiger charge is -2.34. The second-order valence-electron chi connectivity index (χ2n) is 6.11. The van der Waals surface area contributed by atoms with Crippen LogP contribution in [0.25, 0.3) is 0 Å². The molecule has 0 aliphatic carbocycles. The van der Waals surface area contributed by atoms with Gasteiger partial charge in [0.25, 0.3) is 0 Å². The van der Waals surface area contributed by atoms with Crippen molar-refractivity contribution in [2.24, 2.45) is 0 Å². The minimum atomic E-state index is -3.48. The third kappa shape index (κ3) is 4.93. The minimum absolute atomic E-state index is 0.0882. The van der Waals surface area contributed by atoms with E-state index in [2.05, 4.69) is 6.92 Å². The highest BCUT2D eigenvalue weighted by molar-refractivity contribution is 7.89. The first kappa shape index (κ1) is 18.2. The van der Waals surface area contributed by atoms with E-state index in [1.54, 1.807) is 24.3 Å². The van der Waals surface area contributed by atoms with Gasteiger partial charge in [-0.3, -0.25) is 0 Å². The summed E-state index contributed by atoms with van der Waals surface area (Å²) in [5.41, 5.74) is 0. The zero-order chi connectivity index (χ0) is 16.9. The Labute approximate surface area is 139 Å². The molecule has 0 radical (unpaired) electrons. The summed E-state index contributed by atoms with van der Waals surface area (Å²) in [6.07, 6.45) is 3.13. The van der Waals surface area contributed by atoms with Gasteiger partial charge >= 0.3 is 0 Å². The van der Waals surface area contributed by atoms with E-state index in [1.807, 2.05) is 13.8 Å². The van der Waals surface area contributed by atoms with Crippen molar-refractivity contribution in [3.63, 3.8) is 0 Å². The summed E-state index contributed by atoms with van der Waals surface area (Å²) < 4.78 is 38.2. The summed E-state index contributed by atoms with van der Waals surface area (Å²) in [6, 6.07) is 6.70. The maximum Gasteiger partial charge on any atom is 0.243 e. The molecule has 0 bridgehead atoms. The quantitative estimate of drug-likeness (QED) is 0.715. The molecule has 1 aromatic carbocycles. The Morgan fingerprint density at radius 1 is 1.13 bits per heavy atom. The molecule has 1 fully saturated rings. The number of benzene rings is 1. The average molecular weight is 341 g/mol. The van der Waals surface area contributed by atoms with Gasteiger partial charge in [0.15, 0.2) is 0 Å². The Hall–Kier alpha value is -1.11. The first-order chi connectivity index (χ1) is 10.9. The molecule has 130 valence electrons. The second-order valence-corrected chi connectivity index (χ2v) is 8.04. The molecule has 1 saturated heterocycles. The molecular weight excluding hydrogens is 314 g/mol. The molecule has 1 aromatic rings. The molecule has 1 aliphatic heterocycles. The highest BCUT2D eigenvalue weighted by Crippen LogP contribution is 2.23. The summed E-state index contributed by atoms with van der Waals surface area (Å²) in [4.78, 5) is 0.305. The van der Waals surface area contributed by atoms with Gasteiger partial charge < -0.3 is 9.47 Å². The summed E-state index contributed by atoms with van der Waals surface area (Å²) >= 11 is 0. The molecule has 2 atom stereocenters. The van der Waals surface area contributed by atoms with E-state index >= 15 is 0 Å². The number of ether oxygens (including phenoxy) is 2. The SMILES string of the molecule is CCCCCOc1ccc(S(=O)(=O)N2C[C@@H](C)O[C@@H](C)C2)cc1. The first-order valence-electron chi connectivity index (χ1n) is 8.32. The van der Waals surface area contributed by atoms with Crippen molar-refractivity contribution in [2.75, 3.05) is 19.7 Å². The fraction of sp³-hybridized carbons (Fsp3) is 0.647. The van der Waals surface area contributed by atoms with Crippen LogP contribution >= 0.6 is 0 Å². The van der Waals surface area contributed by atoms with Crippen LogP contribution in [0.1, 0.15) is 40.0 Å². The van der Waals surface area contributed by atoms with Crippen molar-refractivity contribution in [1.82, 2.24) is 4.31 Å². The number of rotatable bonds is 7. The second kappa shape index (κ2) is 8.13. The molecule has 0 spiro atoms. The van der Waals surface area contributed by atoms with Crippen LogP contribution in [-0.2, 0) is 14.8 Å². The molecule has 1 heterocycles. The van der Waals surface area contributed by atoms with Gasteiger partial charge in [-0.15, -0.1) is 0 Å². The van der Waals surface area contributed by atoms with Crippen molar-refractivity contribution in [3.8, 4) is 5.75 Å². The van der Waals surface area contributed by atoms with Crippen LogP contribution in [-0.4, -0.2) is 44.6 Å². The van der Waals surface area contributed by atoms with Crippen molar-refractivity contribution in [3.05, 3.63) is 24.3 Å². The van der Waals surface area contributed by atoms with Crippen molar-refractivity contribution in [1.29, 1.82) is 0 Å². The van der Waals surface area contributed by atoms with Crippen LogP contribution in [0.3, 0.4) is 0 Å². The number of morpholine rings is 1. The maximum atomic E-state index is 12.7. The van der Waals surface area contributed by atoms with Crippen LogP contribution in [0.4, 0.5) is 0 Å². The van der Waals surface area contributed by atoms with E-state index in [1.165, 1.54) is 4.31 Å². The highest BCUT2D eigenvalue weighted by atomic mass is 32.2. The molecule has 2 rings (SSSR count). The smallest absolute Gasteiger partial charge is 0.243 e. The van der Waals surface area contributed by atoms with Crippen molar-refractivity contribution < 1.29 is 17.9 Å². The van der Waals surface area contributed by atoms with E-state index in [0.717, 1.165) is 19.3 Å². The first-order valence-corrected chi connectivity index (χ1v) is 9.76. The zero-order valence-electron chi connectivity index (χ0n) is 14.2. The Morgan fingerprint density at radius 3 is 2.30 bits per heavy atom. The Morgan fingerprint density at radius 2 is 1.74 bits per heavy atom. The van der Waals surface area contributed by atoms with Gasteiger partial charge in [-0.1, -0.05) is 19.8 Å². The lowest BCUT2D eigenvalue weighted by Crippen LogP contribution is -2.48. The van der Waals surface area contributed by atoms with Crippen LogP contribution in [0.15, 0.2) is 29.2 Å². The number of unbranched alkanes of at least 4 members (excludes halogenated alkanes) is 2. The fourth-order valence-electron chi connectivity index (χ4n) is 2.73. The van der Waals surface area contributed by atoms with Crippen LogP contribution in [0, 0.1) is 0 Å². The molecule has 6 heteroatoms. The minimum Gasteiger partial charge on any atom is -0.494 e. The predicted molar refractivity (Wildman–Crippen MR) is 90.2 cm³/mol. The lowest BCUT2D eigenvalue weighted by atomic mass is 10.3. The maximum absolute atomic E-state index is 12.7.